The fourth-order valence-electron chi connectivity index (χ4n) is 3.13. The molecule has 1 aromatic carbocycles. The second-order valence-electron chi connectivity index (χ2n) is 5.83. The monoisotopic (exact) mass is 245 g/mol. The van der Waals surface area contributed by atoms with Gasteiger partial charge in [-0.2, -0.15) is 0 Å². The highest BCUT2D eigenvalue weighted by molar-refractivity contribution is 5.27. The second-order valence-corrected chi connectivity index (χ2v) is 5.83. The summed E-state index contributed by atoms with van der Waals surface area (Å²) in [6, 6.07) is 9.36. The molecule has 0 bridgehead atoms. The van der Waals surface area contributed by atoms with Gasteiger partial charge in [0.1, 0.15) is 0 Å². The van der Waals surface area contributed by atoms with Crippen LogP contribution in [0, 0.1) is 0 Å². The Kier molecular flexibility index (Phi) is 5.25. The average molecular weight is 245 g/mol. The van der Waals surface area contributed by atoms with Crippen molar-refractivity contribution < 1.29 is 0 Å². The highest BCUT2D eigenvalue weighted by atomic mass is 14.5. The summed E-state index contributed by atoms with van der Waals surface area (Å²) in [4.78, 5) is 0. The van der Waals surface area contributed by atoms with E-state index >= 15 is 0 Å². The fraction of sp³-hybridized carbons (Fsp3) is 0.647. The minimum absolute atomic E-state index is 0.596. The molecule has 0 spiro atoms. The van der Waals surface area contributed by atoms with E-state index in [0.29, 0.717) is 5.92 Å². The van der Waals surface area contributed by atoms with Crippen LogP contribution in [0.4, 0.5) is 0 Å². The maximum atomic E-state index is 5.63. The molecular weight excluding hydrogens is 218 g/mol. The van der Waals surface area contributed by atoms with Crippen LogP contribution in [-0.4, -0.2) is 6.54 Å². The molecule has 1 atom stereocenters. The Morgan fingerprint density at radius 3 is 2.22 bits per heavy atom. The topological polar surface area (TPSA) is 26.0 Å². The van der Waals surface area contributed by atoms with Gasteiger partial charge in [0.05, 0.1) is 0 Å². The first-order valence-corrected chi connectivity index (χ1v) is 7.61. The van der Waals surface area contributed by atoms with Gasteiger partial charge in [0.15, 0.2) is 0 Å². The maximum absolute atomic E-state index is 5.63. The number of benzene rings is 1. The zero-order valence-corrected chi connectivity index (χ0v) is 11.7. The Morgan fingerprint density at radius 2 is 1.67 bits per heavy atom. The highest BCUT2D eigenvalue weighted by Crippen LogP contribution is 2.32. The summed E-state index contributed by atoms with van der Waals surface area (Å²) in [5.74, 6) is 1.41. The molecule has 1 aromatic rings. The number of hydrogen-bond acceptors (Lipinski definition) is 1. The number of hydrogen-bond donors (Lipinski definition) is 1. The zero-order valence-electron chi connectivity index (χ0n) is 11.7. The van der Waals surface area contributed by atoms with E-state index in [1.807, 2.05) is 0 Å². The van der Waals surface area contributed by atoms with Crippen molar-refractivity contribution >= 4 is 0 Å². The van der Waals surface area contributed by atoms with Crippen LogP contribution < -0.4 is 5.73 Å². The smallest absolute Gasteiger partial charge is 0.00715 e. The van der Waals surface area contributed by atoms with Gasteiger partial charge >= 0.3 is 0 Å². The summed E-state index contributed by atoms with van der Waals surface area (Å²) in [5, 5.41) is 0. The molecule has 100 valence electrons. The molecule has 2 rings (SSSR count). The summed E-state index contributed by atoms with van der Waals surface area (Å²) in [5.41, 5.74) is 8.63. The summed E-state index contributed by atoms with van der Waals surface area (Å²) < 4.78 is 0. The van der Waals surface area contributed by atoms with Gasteiger partial charge < -0.3 is 5.73 Å². The molecule has 0 radical (unpaired) electrons. The largest absolute Gasteiger partial charge is 0.330 e. The fourth-order valence-corrected chi connectivity index (χ4v) is 3.13. The van der Waals surface area contributed by atoms with Crippen molar-refractivity contribution in [2.24, 2.45) is 5.73 Å². The van der Waals surface area contributed by atoms with Crippen LogP contribution in [0.15, 0.2) is 24.3 Å². The summed E-state index contributed by atoms with van der Waals surface area (Å²) >= 11 is 0. The van der Waals surface area contributed by atoms with Crippen LogP contribution in [0.1, 0.15) is 74.8 Å². The van der Waals surface area contributed by atoms with Gasteiger partial charge in [-0.05, 0) is 48.8 Å². The Morgan fingerprint density at radius 1 is 1.06 bits per heavy atom. The molecule has 2 N–H and O–H groups in total. The Bertz CT molecular complexity index is 333. The SMILES string of the molecule is CC(CCN)c1ccc(C2CCCCCC2)cc1. The third kappa shape index (κ3) is 3.58. The van der Waals surface area contributed by atoms with Gasteiger partial charge in [0.25, 0.3) is 0 Å². The van der Waals surface area contributed by atoms with E-state index in [4.69, 9.17) is 5.73 Å². The average Bonchev–Trinajstić information content (AvgIpc) is 2.68. The Hall–Kier alpha value is -0.820. The lowest BCUT2D eigenvalue weighted by Gasteiger charge is -2.16. The summed E-state index contributed by atoms with van der Waals surface area (Å²) in [7, 11) is 0. The van der Waals surface area contributed by atoms with E-state index in [1.54, 1.807) is 5.56 Å². The van der Waals surface area contributed by atoms with Gasteiger partial charge in [0, 0.05) is 0 Å². The molecule has 0 saturated heterocycles. The minimum Gasteiger partial charge on any atom is -0.330 e. The van der Waals surface area contributed by atoms with Crippen molar-refractivity contribution in [1.82, 2.24) is 0 Å². The van der Waals surface area contributed by atoms with Crippen molar-refractivity contribution in [3.63, 3.8) is 0 Å². The maximum Gasteiger partial charge on any atom is -0.00715 e. The first-order chi connectivity index (χ1) is 8.81. The summed E-state index contributed by atoms with van der Waals surface area (Å²) in [6.45, 7) is 3.05. The normalized spacial score (nSPS) is 19.4. The molecule has 1 aliphatic rings. The first-order valence-electron chi connectivity index (χ1n) is 7.61. The molecule has 1 fully saturated rings. The first kappa shape index (κ1) is 13.6. The molecule has 0 heterocycles. The Labute approximate surface area is 112 Å². The molecule has 1 saturated carbocycles. The molecule has 0 aromatic heterocycles. The third-order valence-corrected chi connectivity index (χ3v) is 4.43. The van der Waals surface area contributed by atoms with Crippen molar-refractivity contribution in [1.29, 1.82) is 0 Å². The quantitative estimate of drug-likeness (QED) is 0.772. The lowest BCUT2D eigenvalue weighted by atomic mass is 9.89. The Balaban J connectivity index is 2.01. The zero-order chi connectivity index (χ0) is 12.8. The van der Waals surface area contributed by atoms with Gasteiger partial charge in [-0.25, -0.2) is 0 Å². The van der Waals surface area contributed by atoms with Crippen LogP contribution >= 0.6 is 0 Å². The van der Waals surface area contributed by atoms with Gasteiger partial charge in [0.2, 0.25) is 0 Å². The predicted octanol–water partition coefficient (Wildman–Crippen LogP) is 4.58. The third-order valence-electron chi connectivity index (χ3n) is 4.43. The van der Waals surface area contributed by atoms with Gasteiger partial charge in [-0.3, -0.25) is 0 Å². The van der Waals surface area contributed by atoms with E-state index < -0.39 is 0 Å². The van der Waals surface area contributed by atoms with E-state index in [9.17, 15) is 0 Å². The molecule has 1 aliphatic carbocycles. The van der Waals surface area contributed by atoms with Crippen molar-refractivity contribution in [3.8, 4) is 0 Å². The van der Waals surface area contributed by atoms with Crippen LogP contribution in [0.25, 0.3) is 0 Å². The van der Waals surface area contributed by atoms with E-state index in [0.717, 1.165) is 18.9 Å². The molecule has 1 heteroatoms. The van der Waals surface area contributed by atoms with Crippen molar-refractivity contribution in [2.75, 3.05) is 6.54 Å². The molecule has 1 nitrogen and oxygen atoms in total. The van der Waals surface area contributed by atoms with E-state index in [1.165, 1.54) is 44.1 Å². The van der Waals surface area contributed by atoms with Crippen LogP contribution in [0.2, 0.25) is 0 Å². The number of nitrogens with two attached hydrogens (primary N) is 1. The molecule has 0 aliphatic heterocycles. The molecular formula is C17H27N. The van der Waals surface area contributed by atoms with Gasteiger partial charge in [-0.1, -0.05) is 56.9 Å². The highest BCUT2D eigenvalue weighted by Gasteiger charge is 2.14. The minimum atomic E-state index is 0.596. The summed E-state index contributed by atoms with van der Waals surface area (Å²) in [6.07, 6.45) is 9.55. The lowest BCUT2D eigenvalue weighted by Crippen LogP contribution is -2.05. The van der Waals surface area contributed by atoms with Crippen molar-refractivity contribution in [2.45, 2.75) is 63.7 Å². The molecule has 0 amide bonds. The molecule has 1 unspecified atom stereocenters. The van der Waals surface area contributed by atoms with Crippen molar-refractivity contribution in [3.05, 3.63) is 35.4 Å². The van der Waals surface area contributed by atoms with E-state index in [-0.39, 0.29) is 0 Å². The van der Waals surface area contributed by atoms with Crippen LogP contribution in [0.3, 0.4) is 0 Å². The lowest BCUT2D eigenvalue weighted by molar-refractivity contribution is 0.591. The molecule has 18 heavy (non-hydrogen) atoms. The standard InChI is InChI=1S/C17H27N/c1-14(12-13-18)15-8-10-17(11-9-15)16-6-4-2-3-5-7-16/h8-11,14,16H,2-7,12-13,18H2,1H3. The van der Waals surface area contributed by atoms with Gasteiger partial charge in [-0.15, -0.1) is 0 Å². The second kappa shape index (κ2) is 6.94. The number of rotatable bonds is 4. The van der Waals surface area contributed by atoms with E-state index in [2.05, 4.69) is 31.2 Å². The van der Waals surface area contributed by atoms with Crippen LogP contribution in [0.5, 0.6) is 0 Å². The predicted molar refractivity (Wildman–Crippen MR) is 79.0 cm³/mol. The van der Waals surface area contributed by atoms with Crippen LogP contribution in [-0.2, 0) is 0 Å².